The fourth-order valence-corrected chi connectivity index (χ4v) is 0.767. The molecular formula is C7H7BN2. The maximum absolute atomic E-state index is 5.48. The highest BCUT2D eigenvalue weighted by Gasteiger charge is 1.97. The standard InChI is InChI=1S/C7H7BN2/c1-2-5-6(8)3-4-10-7(5)9/h1,3-4H,8H2,(H2,9,10). The minimum Gasteiger partial charge on any atom is -0.383 e. The summed E-state index contributed by atoms with van der Waals surface area (Å²) in [5, 5.41) is 0. The summed E-state index contributed by atoms with van der Waals surface area (Å²) < 4.78 is 0. The van der Waals surface area contributed by atoms with Crippen LogP contribution in [0.3, 0.4) is 0 Å². The van der Waals surface area contributed by atoms with Crippen molar-refractivity contribution in [1.82, 2.24) is 4.98 Å². The topological polar surface area (TPSA) is 38.9 Å². The third-order valence-electron chi connectivity index (χ3n) is 1.33. The zero-order valence-electron chi connectivity index (χ0n) is 5.76. The first kappa shape index (κ1) is 6.69. The SMILES string of the molecule is Bc1ccnc(N)c1C#C. The van der Waals surface area contributed by atoms with Crippen LogP contribution in [-0.4, -0.2) is 12.8 Å². The number of nitrogens with zero attached hydrogens (tertiary/aromatic N) is 1. The van der Waals surface area contributed by atoms with Crippen LogP contribution in [0.2, 0.25) is 0 Å². The quantitative estimate of drug-likeness (QED) is 0.357. The molecule has 3 heteroatoms. The van der Waals surface area contributed by atoms with Crippen LogP contribution in [0.25, 0.3) is 0 Å². The van der Waals surface area contributed by atoms with Crippen LogP contribution in [0.1, 0.15) is 5.56 Å². The van der Waals surface area contributed by atoms with E-state index < -0.39 is 0 Å². The van der Waals surface area contributed by atoms with Crippen molar-refractivity contribution in [1.29, 1.82) is 0 Å². The molecule has 10 heavy (non-hydrogen) atoms. The lowest BCUT2D eigenvalue weighted by Crippen LogP contribution is -2.11. The van der Waals surface area contributed by atoms with Gasteiger partial charge in [-0.25, -0.2) is 4.98 Å². The van der Waals surface area contributed by atoms with Gasteiger partial charge in [0.1, 0.15) is 13.7 Å². The van der Waals surface area contributed by atoms with E-state index in [1.54, 1.807) is 6.20 Å². The monoisotopic (exact) mass is 130 g/mol. The zero-order valence-corrected chi connectivity index (χ0v) is 5.76. The highest BCUT2D eigenvalue weighted by Crippen LogP contribution is 1.99. The van der Waals surface area contributed by atoms with Gasteiger partial charge in [0.15, 0.2) is 0 Å². The molecule has 2 N–H and O–H groups in total. The van der Waals surface area contributed by atoms with Crippen LogP contribution >= 0.6 is 0 Å². The second kappa shape index (κ2) is 2.44. The molecule has 0 aromatic carbocycles. The fourth-order valence-electron chi connectivity index (χ4n) is 0.767. The van der Waals surface area contributed by atoms with Gasteiger partial charge in [-0.2, -0.15) is 0 Å². The van der Waals surface area contributed by atoms with Gasteiger partial charge >= 0.3 is 0 Å². The first-order valence-electron chi connectivity index (χ1n) is 2.93. The Morgan fingerprint density at radius 3 is 2.80 bits per heavy atom. The van der Waals surface area contributed by atoms with Crippen molar-refractivity contribution < 1.29 is 0 Å². The third kappa shape index (κ3) is 0.962. The molecule has 1 rings (SSSR count). The smallest absolute Gasteiger partial charge is 0.141 e. The minimum atomic E-state index is 0.433. The van der Waals surface area contributed by atoms with Crippen molar-refractivity contribution in [3.05, 3.63) is 17.8 Å². The molecule has 0 atom stereocenters. The van der Waals surface area contributed by atoms with Gasteiger partial charge < -0.3 is 5.73 Å². The predicted molar refractivity (Wildman–Crippen MR) is 44.8 cm³/mol. The maximum Gasteiger partial charge on any atom is 0.141 e. The first-order chi connectivity index (χ1) is 4.75. The van der Waals surface area contributed by atoms with Crippen LogP contribution in [-0.2, 0) is 0 Å². The summed E-state index contributed by atoms with van der Waals surface area (Å²) in [6, 6.07) is 1.84. The Kier molecular flexibility index (Phi) is 1.64. The molecule has 0 saturated heterocycles. The highest BCUT2D eigenvalue weighted by atomic mass is 14.8. The number of nitrogens with two attached hydrogens (primary N) is 1. The van der Waals surface area contributed by atoms with Gasteiger partial charge in [0.25, 0.3) is 0 Å². The summed E-state index contributed by atoms with van der Waals surface area (Å²) in [5.41, 5.74) is 7.17. The van der Waals surface area contributed by atoms with E-state index in [0.29, 0.717) is 11.4 Å². The number of pyridine rings is 1. The van der Waals surface area contributed by atoms with E-state index in [2.05, 4.69) is 10.9 Å². The van der Waals surface area contributed by atoms with Gasteiger partial charge in [-0.3, -0.25) is 0 Å². The summed E-state index contributed by atoms with van der Waals surface area (Å²) in [6.07, 6.45) is 6.83. The van der Waals surface area contributed by atoms with E-state index in [0.717, 1.165) is 5.46 Å². The number of nitrogen functional groups attached to an aromatic ring is 1. The fraction of sp³-hybridized carbons (Fsp3) is 0. The number of hydrogen-bond donors (Lipinski definition) is 1. The van der Waals surface area contributed by atoms with Crippen molar-refractivity contribution in [2.24, 2.45) is 0 Å². The number of anilines is 1. The van der Waals surface area contributed by atoms with Crippen LogP contribution in [0.4, 0.5) is 5.82 Å². The molecule has 0 amide bonds. The molecule has 1 heterocycles. The van der Waals surface area contributed by atoms with Gasteiger partial charge in [-0.1, -0.05) is 11.4 Å². The second-order valence-corrected chi connectivity index (χ2v) is 2.03. The summed E-state index contributed by atoms with van der Waals surface area (Å²) in [4.78, 5) is 3.85. The number of hydrogen-bond acceptors (Lipinski definition) is 2. The Morgan fingerprint density at radius 2 is 2.40 bits per heavy atom. The Morgan fingerprint density at radius 1 is 1.70 bits per heavy atom. The van der Waals surface area contributed by atoms with Gasteiger partial charge in [-0.15, -0.1) is 6.42 Å². The summed E-state index contributed by atoms with van der Waals surface area (Å²) in [6.45, 7) is 0. The molecule has 0 saturated carbocycles. The Bertz CT molecular complexity index is 268. The zero-order chi connectivity index (χ0) is 7.56. The lowest BCUT2D eigenvalue weighted by Gasteiger charge is -1.98. The average Bonchev–Trinajstić information content (AvgIpc) is 1.88. The molecule has 48 valence electrons. The molecule has 0 radical (unpaired) electrons. The molecule has 0 aliphatic heterocycles. The largest absolute Gasteiger partial charge is 0.383 e. The Balaban J connectivity index is 3.34. The van der Waals surface area contributed by atoms with E-state index in [1.165, 1.54) is 0 Å². The number of terminal acetylenes is 1. The summed E-state index contributed by atoms with van der Waals surface area (Å²) in [7, 11) is 1.91. The molecule has 0 aliphatic rings. The molecule has 2 nitrogen and oxygen atoms in total. The highest BCUT2D eigenvalue weighted by molar-refractivity contribution is 6.34. The lowest BCUT2D eigenvalue weighted by atomic mass is 9.92. The summed E-state index contributed by atoms with van der Waals surface area (Å²) in [5.74, 6) is 2.91. The van der Waals surface area contributed by atoms with Crippen LogP contribution in [0.15, 0.2) is 12.3 Å². The van der Waals surface area contributed by atoms with Crippen molar-refractivity contribution in [3.63, 3.8) is 0 Å². The predicted octanol–water partition coefficient (Wildman–Crippen LogP) is -1.10. The lowest BCUT2D eigenvalue weighted by molar-refractivity contribution is 1.34. The van der Waals surface area contributed by atoms with E-state index in [4.69, 9.17) is 12.2 Å². The number of aromatic nitrogens is 1. The number of rotatable bonds is 0. The minimum absolute atomic E-state index is 0.433. The Labute approximate surface area is 60.9 Å². The molecule has 0 fully saturated rings. The van der Waals surface area contributed by atoms with Crippen molar-refractivity contribution in [2.45, 2.75) is 0 Å². The average molecular weight is 130 g/mol. The van der Waals surface area contributed by atoms with Crippen LogP contribution in [0, 0.1) is 12.3 Å². The molecule has 0 unspecified atom stereocenters. The molecule has 0 spiro atoms. The molecule has 1 aromatic heterocycles. The van der Waals surface area contributed by atoms with Crippen molar-refractivity contribution in [2.75, 3.05) is 5.73 Å². The molecular weight excluding hydrogens is 123 g/mol. The van der Waals surface area contributed by atoms with Crippen LogP contribution < -0.4 is 11.2 Å². The van der Waals surface area contributed by atoms with Gasteiger partial charge in [0, 0.05) is 6.20 Å². The molecule has 1 aromatic rings. The van der Waals surface area contributed by atoms with E-state index in [1.807, 2.05) is 13.9 Å². The maximum atomic E-state index is 5.48. The normalized spacial score (nSPS) is 8.70. The van der Waals surface area contributed by atoms with E-state index in [-0.39, 0.29) is 0 Å². The Hall–Kier alpha value is -1.43. The van der Waals surface area contributed by atoms with Crippen molar-refractivity contribution >= 4 is 19.1 Å². The van der Waals surface area contributed by atoms with Crippen LogP contribution in [0.5, 0.6) is 0 Å². The molecule has 0 aliphatic carbocycles. The summed E-state index contributed by atoms with van der Waals surface area (Å²) >= 11 is 0. The first-order valence-corrected chi connectivity index (χ1v) is 2.93. The second-order valence-electron chi connectivity index (χ2n) is 2.03. The van der Waals surface area contributed by atoms with Gasteiger partial charge in [-0.05, 0) is 6.07 Å². The third-order valence-corrected chi connectivity index (χ3v) is 1.33. The molecule has 0 bridgehead atoms. The van der Waals surface area contributed by atoms with E-state index >= 15 is 0 Å². The van der Waals surface area contributed by atoms with Gasteiger partial charge in [0.05, 0.1) is 5.56 Å². The van der Waals surface area contributed by atoms with E-state index in [9.17, 15) is 0 Å². The van der Waals surface area contributed by atoms with Crippen molar-refractivity contribution in [3.8, 4) is 12.3 Å². The van der Waals surface area contributed by atoms with Gasteiger partial charge in [0.2, 0.25) is 0 Å².